The Hall–Kier alpha value is -2.50. The molecule has 1 aliphatic heterocycles. The lowest BCUT2D eigenvalue weighted by Gasteiger charge is -2.39. The third-order valence-electron chi connectivity index (χ3n) is 5.94. The van der Waals surface area contributed by atoms with Crippen LogP contribution in [0, 0.1) is 25.6 Å². The highest BCUT2D eigenvalue weighted by atomic mass is 19.1. The van der Waals surface area contributed by atoms with E-state index in [0.717, 1.165) is 67.5 Å². The molecule has 1 aromatic carbocycles. The highest BCUT2D eigenvalue weighted by Crippen LogP contribution is 2.30. The second-order valence-electron chi connectivity index (χ2n) is 7.90. The summed E-state index contributed by atoms with van der Waals surface area (Å²) in [6.45, 7) is 6.97. The molecule has 28 heavy (non-hydrogen) atoms. The van der Waals surface area contributed by atoms with Gasteiger partial charge in [0, 0.05) is 49.8 Å². The number of rotatable bonds is 4. The molecule has 2 heterocycles. The van der Waals surface area contributed by atoms with Crippen molar-refractivity contribution in [1.82, 2.24) is 14.9 Å². The first-order valence-corrected chi connectivity index (χ1v) is 10.1. The molecule has 1 saturated heterocycles. The van der Waals surface area contributed by atoms with Crippen LogP contribution in [-0.2, 0) is 11.2 Å². The molecule has 5 nitrogen and oxygen atoms in total. The Morgan fingerprint density at radius 1 is 1.07 bits per heavy atom. The van der Waals surface area contributed by atoms with Gasteiger partial charge in [-0.1, -0.05) is 18.6 Å². The molecule has 0 unspecified atom stereocenters. The van der Waals surface area contributed by atoms with E-state index in [1.54, 1.807) is 0 Å². The summed E-state index contributed by atoms with van der Waals surface area (Å²) in [6, 6.07) is 6.61. The average Bonchev–Trinajstić information content (AvgIpc) is 2.64. The zero-order valence-corrected chi connectivity index (χ0v) is 16.6. The maximum absolute atomic E-state index is 13.3. The normalized spacial score (nSPS) is 17.5. The zero-order valence-electron chi connectivity index (χ0n) is 16.6. The summed E-state index contributed by atoms with van der Waals surface area (Å²) in [5.74, 6) is 2.05. The van der Waals surface area contributed by atoms with Gasteiger partial charge in [-0.25, -0.2) is 14.4 Å². The van der Waals surface area contributed by atoms with Crippen molar-refractivity contribution in [2.75, 3.05) is 31.1 Å². The highest BCUT2D eigenvalue weighted by molar-refractivity contribution is 5.80. The summed E-state index contributed by atoms with van der Waals surface area (Å²) in [7, 11) is 0. The molecule has 1 aromatic heterocycles. The number of carbonyl (C=O) groups is 1. The molecule has 4 rings (SSSR count). The quantitative estimate of drug-likeness (QED) is 0.814. The van der Waals surface area contributed by atoms with E-state index in [0.29, 0.717) is 12.3 Å². The van der Waals surface area contributed by atoms with E-state index in [-0.39, 0.29) is 11.7 Å². The van der Waals surface area contributed by atoms with Gasteiger partial charge in [0.05, 0.1) is 0 Å². The topological polar surface area (TPSA) is 49.3 Å². The second kappa shape index (κ2) is 7.86. The van der Waals surface area contributed by atoms with Gasteiger partial charge in [-0.3, -0.25) is 4.79 Å². The Kier molecular flexibility index (Phi) is 5.29. The minimum absolute atomic E-state index is 0.229. The minimum Gasteiger partial charge on any atom is -0.353 e. The molecular formula is C22H27FN4O. The van der Waals surface area contributed by atoms with Gasteiger partial charge in [-0.2, -0.15) is 0 Å². The SMILES string of the molecule is Cc1nc(C)c(Cc2ccc(F)cc2)c(N2CCN(C(=O)C3CCC3)CC2)n1. The number of anilines is 1. The Labute approximate surface area is 165 Å². The number of aromatic nitrogens is 2. The summed E-state index contributed by atoms with van der Waals surface area (Å²) in [6.07, 6.45) is 3.95. The van der Waals surface area contributed by atoms with Crippen molar-refractivity contribution in [3.63, 3.8) is 0 Å². The van der Waals surface area contributed by atoms with E-state index in [1.807, 2.05) is 30.9 Å². The standard InChI is InChI=1S/C22H27FN4O/c1-15-20(14-17-6-8-19(23)9-7-17)21(25-16(2)24-15)26-10-12-27(13-11-26)22(28)18-4-3-5-18/h6-9,18H,3-5,10-14H2,1-2H3. The molecule has 148 valence electrons. The van der Waals surface area contributed by atoms with Crippen LogP contribution in [0.2, 0.25) is 0 Å². The summed E-state index contributed by atoms with van der Waals surface area (Å²) in [5, 5.41) is 0. The van der Waals surface area contributed by atoms with E-state index in [2.05, 4.69) is 9.88 Å². The lowest BCUT2D eigenvalue weighted by molar-refractivity contribution is -0.138. The van der Waals surface area contributed by atoms with Gasteiger partial charge < -0.3 is 9.80 Å². The molecule has 1 aliphatic carbocycles. The Balaban J connectivity index is 1.52. The van der Waals surface area contributed by atoms with Crippen LogP contribution in [0.1, 0.15) is 41.9 Å². The van der Waals surface area contributed by atoms with Gasteiger partial charge in [-0.05, 0) is 44.4 Å². The Morgan fingerprint density at radius 2 is 1.75 bits per heavy atom. The van der Waals surface area contributed by atoms with E-state index < -0.39 is 0 Å². The van der Waals surface area contributed by atoms with Crippen LogP contribution in [0.5, 0.6) is 0 Å². The predicted molar refractivity (Wildman–Crippen MR) is 107 cm³/mol. The number of amides is 1. The maximum atomic E-state index is 13.3. The smallest absolute Gasteiger partial charge is 0.225 e. The number of carbonyl (C=O) groups excluding carboxylic acids is 1. The average molecular weight is 382 g/mol. The van der Waals surface area contributed by atoms with Crippen LogP contribution >= 0.6 is 0 Å². The van der Waals surface area contributed by atoms with Crippen LogP contribution in [0.4, 0.5) is 10.2 Å². The van der Waals surface area contributed by atoms with E-state index in [1.165, 1.54) is 18.6 Å². The number of halogens is 1. The molecule has 0 radical (unpaired) electrons. The summed E-state index contributed by atoms with van der Waals surface area (Å²) >= 11 is 0. The van der Waals surface area contributed by atoms with Gasteiger partial charge >= 0.3 is 0 Å². The van der Waals surface area contributed by atoms with E-state index in [9.17, 15) is 9.18 Å². The van der Waals surface area contributed by atoms with Gasteiger partial charge in [-0.15, -0.1) is 0 Å². The first kappa shape index (κ1) is 18.8. The van der Waals surface area contributed by atoms with Gasteiger partial charge in [0.1, 0.15) is 17.5 Å². The third-order valence-corrected chi connectivity index (χ3v) is 5.94. The lowest BCUT2D eigenvalue weighted by atomic mass is 9.84. The molecule has 2 aliphatic rings. The van der Waals surface area contributed by atoms with Crippen molar-refractivity contribution in [2.45, 2.75) is 39.5 Å². The number of nitrogens with zero attached hydrogens (tertiary/aromatic N) is 4. The molecule has 0 N–H and O–H groups in total. The van der Waals surface area contributed by atoms with Crippen molar-refractivity contribution >= 4 is 11.7 Å². The van der Waals surface area contributed by atoms with Crippen molar-refractivity contribution in [3.05, 3.63) is 52.7 Å². The van der Waals surface area contributed by atoms with Gasteiger partial charge in [0.25, 0.3) is 0 Å². The lowest BCUT2D eigenvalue weighted by Crippen LogP contribution is -2.51. The molecule has 1 saturated carbocycles. The van der Waals surface area contributed by atoms with Crippen LogP contribution in [0.25, 0.3) is 0 Å². The molecule has 0 bridgehead atoms. The molecule has 2 fully saturated rings. The molecular weight excluding hydrogens is 355 g/mol. The van der Waals surface area contributed by atoms with Crippen LogP contribution < -0.4 is 4.90 Å². The van der Waals surface area contributed by atoms with Crippen LogP contribution in [-0.4, -0.2) is 47.0 Å². The van der Waals surface area contributed by atoms with Crippen molar-refractivity contribution in [1.29, 1.82) is 0 Å². The van der Waals surface area contributed by atoms with Crippen molar-refractivity contribution in [3.8, 4) is 0 Å². The summed E-state index contributed by atoms with van der Waals surface area (Å²) < 4.78 is 13.3. The number of piperazine rings is 1. The predicted octanol–water partition coefficient (Wildman–Crippen LogP) is 3.27. The molecule has 2 aromatic rings. The molecule has 0 atom stereocenters. The van der Waals surface area contributed by atoms with Crippen molar-refractivity contribution < 1.29 is 9.18 Å². The second-order valence-corrected chi connectivity index (χ2v) is 7.90. The van der Waals surface area contributed by atoms with Crippen LogP contribution in [0.15, 0.2) is 24.3 Å². The summed E-state index contributed by atoms with van der Waals surface area (Å²) in [4.78, 5) is 26.1. The van der Waals surface area contributed by atoms with Crippen molar-refractivity contribution in [2.24, 2.45) is 5.92 Å². The monoisotopic (exact) mass is 382 g/mol. The fourth-order valence-corrected chi connectivity index (χ4v) is 4.04. The Bertz CT molecular complexity index is 856. The fourth-order valence-electron chi connectivity index (χ4n) is 4.04. The van der Waals surface area contributed by atoms with Gasteiger partial charge in [0.2, 0.25) is 5.91 Å². The number of hydrogen-bond donors (Lipinski definition) is 0. The maximum Gasteiger partial charge on any atom is 0.225 e. The summed E-state index contributed by atoms with van der Waals surface area (Å²) in [5.41, 5.74) is 3.08. The molecule has 0 spiro atoms. The third kappa shape index (κ3) is 3.86. The zero-order chi connectivity index (χ0) is 19.7. The Morgan fingerprint density at radius 3 is 2.36 bits per heavy atom. The number of benzene rings is 1. The van der Waals surface area contributed by atoms with E-state index in [4.69, 9.17) is 4.98 Å². The van der Waals surface area contributed by atoms with Crippen LogP contribution in [0.3, 0.4) is 0 Å². The molecule has 6 heteroatoms. The minimum atomic E-state index is -0.229. The molecule has 1 amide bonds. The first-order valence-electron chi connectivity index (χ1n) is 10.1. The highest BCUT2D eigenvalue weighted by Gasteiger charge is 2.32. The van der Waals surface area contributed by atoms with E-state index >= 15 is 0 Å². The first-order chi connectivity index (χ1) is 13.5. The number of hydrogen-bond acceptors (Lipinski definition) is 4. The van der Waals surface area contributed by atoms with Gasteiger partial charge in [0.15, 0.2) is 0 Å². The largest absolute Gasteiger partial charge is 0.353 e. The fraction of sp³-hybridized carbons (Fsp3) is 0.500. The number of aryl methyl sites for hydroxylation is 2.